The van der Waals surface area contributed by atoms with Gasteiger partial charge < -0.3 is 10.3 Å². The molecule has 0 fully saturated rings. The molecule has 0 bridgehead atoms. The van der Waals surface area contributed by atoms with Gasteiger partial charge in [-0.1, -0.05) is 19.1 Å². The van der Waals surface area contributed by atoms with E-state index >= 15 is 0 Å². The van der Waals surface area contributed by atoms with Gasteiger partial charge in [0, 0.05) is 18.1 Å². The SMILES string of the molecule is CC(CCN)c1ccc(-n2ccnc2)cc1. The van der Waals surface area contributed by atoms with Crippen LogP contribution in [-0.2, 0) is 0 Å². The molecule has 84 valence electrons. The first kappa shape index (κ1) is 10.9. The van der Waals surface area contributed by atoms with Crippen molar-refractivity contribution in [1.82, 2.24) is 9.55 Å². The summed E-state index contributed by atoms with van der Waals surface area (Å²) in [5.74, 6) is 0.529. The van der Waals surface area contributed by atoms with E-state index < -0.39 is 0 Å². The molecule has 2 N–H and O–H groups in total. The van der Waals surface area contributed by atoms with Crippen molar-refractivity contribution >= 4 is 0 Å². The van der Waals surface area contributed by atoms with Crippen LogP contribution >= 0.6 is 0 Å². The van der Waals surface area contributed by atoms with E-state index in [0.29, 0.717) is 5.92 Å². The molecular weight excluding hydrogens is 198 g/mol. The summed E-state index contributed by atoms with van der Waals surface area (Å²) in [7, 11) is 0. The molecule has 1 aromatic carbocycles. The molecule has 0 amide bonds. The Morgan fingerprint density at radius 1 is 1.31 bits per heavy atom. The van der Waals surface area contributed by atoms with Crippen LogP contribution in [0.15, 0.2) is 43.0 Å². The number of hydrogen-bond acceptors (Lipinski definition) is 2. The van der Waals surface area contributed by atoms with Crippen molar-refractivity contribution in [1.29, 1.82) is 0 Å². The smallest absolute Gasteiger partial charge is 0.0991 e. The van der Waals surface area contributed by atoms with Gasteiger partial charge in [-0.05, 0) is 36.6 Å². The summed E-state index contributed by atoms with van der Waals surface area (Å²) >= 11 is 0. The third-order valence-corrected chi connectivity index (χ3v) is 2.86. The maximum atomic E-state index is 5.56. The second-order valence-corrected chi connectivity index (χ2v) is 4.04. The first-order valence-corrected chi connectivity index (χ1v) is 5.59. The molecule has 1 atom stereocenters. The third kappa shape index (κ3) is 2.31. The average molecular weight is 215 g/mol. The van der Waals surface area contributed by atoms with Gasteiger partial charge in [0.2, 0.25) is 0 Å². The summed E-state index contributed by atoms with van der Waals surface area (Å²) in [5.41, 5.74) is 8.04. The van der Waals surface area contributed by atoms with E-state index in [0.717, 1.165) is 18.7 Å². The van der Waals surface area contributed by atoms with Gasteiger partial charge in [0.05, 0.1) is 6.33 Å². The van der Waals surface area contributed by atoms with Gasteiger partial charge in [-0.3, -0.25) is 0 Å². The van der Waals surface area contributed by atoms with Crippen molar-refractivity contribution in [3.63, 3.8) is 0 Å². The second kappa shape index (κ2) is 4.94. The predicted octanol–water partition coefficient (Wildman–Crippen LogP) is 2.32. The highest BCUT2D eigenvalue weighted by atomic mass is 15.0. The fourth-order valence-electron chi connectivity index (χ4n) is 1.80. The molecular formula is C13H17N3. The Morgan fingerprint density at radius 3 is 2.62 bits per heavy atom. The molecule has 3 nitrogen and oxygen atoms in total. The predicted molar refractivity (Wildman–Crippen MR) is 65.7 cm³/mol. The van der Waals surface area contributed by atoms with E-state index in [1.165, 1.54) is 5.56 Å². The average Bonchev–Trinajstić information content (AvgIpc) is 2.83. The Kier molecular flexibility index (Phi) is 3.37. The molecule has 0 aliphatic rings. The molecule has 1 aromatic heterocycles. The normalized spacial score (nSPS) is 12.6. The summed E-state index contributed by atoms with van der Waals surface area (Å²) in [6.07, 6.45) is 6.56. The molecule has 1 heterocycles. The lowest BCUT2D eigenvalue weighted by molar-refractivity contribution is 0.690. The van der Waals surface area contributed by atoms with Crippen molar-refractivity contribution in [2.24, 2.45) is 5.73 Å². The number of nitrogens with two attached hydrogens (primary N) is 1. The highest BCUT2D eigenvalue weighted by Gasteiger charge is 2.04. The van der Waals surface area contributed by atoms with Gasteiger partial charge >= 0.3 is 0 Å². The van der Waals surface area contributed by atoms with E-state index in [1.54, 1.807) is 12.5 Å². The fourth-order valence-corrected chi connectivity index (χ4v) is 1.80. The minimum absolute atomic E-state index is 0.529. The lowest BCUT2D eigenvalue weighted by Gasteiger charge is -2.11. The molecule has 0 saturated carbocycles. The van der Waals surface area contributed by atoms with Crippen LogP contribution in [0.2, 0.25) is 0 Å². The van der Waals surface area contributed by atoms with Crippen molar-refractivity contribution in [2.75, 3.05) is 6.54 Å². The summed E-state index contributed by atoms with van der Waals surface area (Å²) in [6, 6.07) is 8.55. The van der Waals surface area contributed by atoms with Gasteiger partial charge in [-0.2, -0.15) is 0 Å². The minimum atomic E-state index is 0.529. The zero-order valence-electron chi connectivity index (χ0n) is 9.50. The molecule has 0 saturated heterocycles. The van der Waals surface area contributed by atoms with E-state index in [2.05, 4.69) is 36.2 Å². The quantitative estimate of drug-likeness (QED) is 0.850. The zero-order chi connectivity index (χ0) is 11.4. The van der Waals surface area contributed by atoms with Crippen LogP contribution in [0.25, 0.3) is 5.69 Å². The van der Waals surface area contributed by atoms with Crippen LogP contribution in [0.5, 0.6) is 0 Å². The molecule has 0 aliphatic heterocycles. The Hall–Kier alpha value is -1.61. The van der Waals surface area contributed by atoms with Crippen LogP contribution in [0, 0.1) is 0 Å². The molecule has 16 heavy (non-hydrogen) atoms. The van der Waals surface area contributed by atoms with Gasteiger partial charge in [0.1, 0.15) is 0 Å². The Balaban J connectivity index is 2.16. The highest BCUT2D eigenvalue weighted by Crippen LogP contribution is 2.19. The number of benzene rings is 1. The molecule has 0 aliphatic carbocycles. The van der Waals surface area contributed by atoms with Crippen LogP contribution in [-0.4, -0.2) is 16.1 Å². The van der Waals surface area contributed by atoms with Gasteiger partial charge in [0.15, 0.2) is 0 Å². The maximum absolute atomic E-state index is 5.56. The van der Waals surface area contributed by atoms with Crippen molar-refractivity contribution in [3.05, 3.63) is 48.5 Å². The Bertz CT molecular complexity index is 417. The van der Waals surface area contributed by atoms with Gasteiger partial charge in [-0.25, -0.2) is 4.98 Å². The van der Waals surface area contributed by atoms with Crippen LogP contribution in [0.3, 0.4) is 0 Å². The zero-order valence-corrected chi connectivity index (χ0v) is 9.50. The standard InChI is InChI=1S/C13H17N3/c1-11(6-7-14)12-2-4-13(5-3-12)16-9-8-15-10-16/h2-5,8-11H,6-7,14H2,1H3. The Morgan fingerprint density at radius 2 is 2.06 bits per heavy atom. The summed E-state index contributed by atoms with van der Waals surface area (Å²) in [5, 5.41) is 0. The van der Waals surface area contributed by atoms with Crippen LogP contribution in [0.1, 0.15) is 24.8 Å². The second-order valence-electron chi connectivity index (χ2n) is 4.04. The summed E-state index contributed by atoms with van der Waals surface area (Å²) in [4.78, 5) is 4.03. The first-order valence-electron chi connectivity index (χ1n) is 5.59. The van der Waals surface area contributed by atoms with Crippen LogP contribution in [0.4, 0.5) is 0 Å². The topological polar surface area (TPSA) is 43.8 Å². The van der Waals surface area contributed by atoms with E-state index in [1.807, 2.05) is 10.8 Å². The maximum Gasteiger partial charge on any atom is 0.0991 e. The molecule has 0 radical (unpaired) electrons. The van der Waals surface area contributed by atoms with Crippen molar-refractivity contribution in [3.8, 4) is 5.69 Å². The minimum Gasteiger partial charge on any atom is -0.330 e. The van der Waals surface area contributed by atoms with E-state index in [9.17, 15) is 0 Å². The number of imidazole rings is 1. The monoisotopic (exact) mass is 215 g/mol. The van der Waals surface area contributed by atoms with E-state index in [4.69, 9.17) is 5.73 Å². The third-order valence-electron chi connectivity index (χ3n) is 2.86. The number of rotatable bonds is 4. The summed E-state index contributed by atoms with van der Waals surface area (Å²) < 4.78 is 2.00. The molecule has 3 heteroatoms. The largest absolute Gasteiger partial charge is 0.330 e. The first-order chi connectivity index (χ1) is 7.81. The lowest BCUT2D eigenvalue weighted by atomic mass is 9.98. The summed E-state index contributed by atoms with van der Waals surface area (Å²) in [6.45, 7) is 2.95. The van der Waals surface area contributed by atoms with Gasteiger partial charge in [0.25, 0.3) is 0 Å². The van der Waals surface area contributed by atoms with E-state index in [-0.39, 0.29) is 0 Å². The number of aromatic nitrogens is 2. The highest BCUT2D eigenvalue weighted by molar-refractivity contribution is 5.35. The van der Waals surface area contributed by atoms with Crippen molar-refractivity contribution < 1.29 is 0 Å². The molecule has 0 spiro atoms. The van der Waals surface area contributed by atoms with Crippen molar-refractivity contribution in [2.45, 2.75) is 19.3 Å². The molecule has 1 unspecified atom stereocenters. The molecule has 2 aromatic rings. The Labute approximate surface area is 95.9 Å². The van der Waals surface area contributed by atoms with Gasteiger partial charge in [-0.15, -0.1) is 0 Å². The van der Waals surface area contributed by atoms with Crippen LogP contribution < -0.4 is 5.73 Å². The number of hydrogen-bond donors (Lipinski definition) is 1. The lowest BCUT2D eigenvalue weighted by Crippen LogP contribution is -2.04. The number of nitrogens with zero attached hydrogens (tertiary/aromatic N) is 2. The fraction of sp³-hybridized carbons (Fsp3) is 0.308. The molecule has 2 rings (SSSR count).